The van der Waals surface area contributed by atoms with Crippen molar-refractivity contribution in [2.45, 2.75) is 32.6 Å². The van der Waals surface area contributed by atoms with Gasteiger partial charge in [-0.1, -0.05) is 37.2 Å². The first kappa shape index (κ1) is 12.2. The summed E-state index contributed by atoms with van der Waals surface area (Å²) < 4.78 is 5.47. The van der Waals surface area contributed by atoms with Crippen LogP contribution in [0.3, 0.4) is 0 Å². The number of aromatic nitrogens is 2. The Morgan fingerprint density at radius 1 is 1.37 bits per heavy atom. The second-order valence-electron chi connectivity index (χ2n) is 5.50. The highest BCUT2D eigenvalue weighted by molar-refractivity contribution is 5.56. The number of fused-ring (bicyclic) bond motifs is 1. The monoisotopic (exact) mass is 257 g/mol. The van der Waals surface area contributed by atoms with Gasteiger partial charge in [-0.2, -0.15) is 4.98 Å². The number of hydrogen-bond donors (Lipinski definition) is 1. The summed E-state index contributed by atoms with van der Waals surface area (Å²) in [6.45, 7) is 5.27. The van der Waals surface area contributed by atoms with Gasteiger partial charge in [-0.3, -0.25) is 0 Å². The summed E-state index contributed by atoms with van der Waals surface area (Å²) >= 11 is 0. The van der Waals surface area contributed by atoms with Crippen LogP contribution in [0.1, 0.15) is 43.5 Å². The van der Waals surface area contributed by atoms with Crippen LogP contribution >= 0.6 is 0 Å². The topological polar surface area (TPSA) is 51.0 Å². The quantitative estimate of drug-likeness (QED) is 0.917. The summed E-state index contributed by atoms with van der Waals surface area (Å²) in [5.74, 6) is 2.35. The van der Waals surface area contributed by atoms with Crippen molar-refractivity contribution in [3.8, 4) is 0 Å². The molecule has 4 heteroatoms. The van der Waals surface area contributed by atoms with Crippen molar-refractivity contribution in [1.82, 2.24) is 10.1 Å². The number of hydrogen-bond acceptors (Lipinski definition) is 4. The van der Waals surface area contributed by atoms with Gasteiger partial charge in [0, 0.05) is 18.7 Å². The minimum absolute atomic E-state index is 0.228. The zero-order valence-corrected chi connectivity index (χ0v) is 11.4. The number of rotatable bonds is 3. The highest BCUT2D eigenvalue weighted by Crippen LogP contribution is 2.35. The van der Waals surface area contributed by atoms with Gasteiger partial charge in [0.15, 0.2) is 5.82 Å². The van der Waals surface area contributed by atoms with E-state index in [9.17, 15) is 0 Å². The predicted octanol–water partition coefficient (Wildman–Crippen LogP) is 3.22. The molecule has 1 aliphatic rings. The normalized spacial score (nSPS) is 18.2. The van der Waals surface area contributed by atoms with Crippen LogP contribution in [0.4, 0.5) is 5.69 Å². The first-order valence-electron chi connectivity index (χ1n) is 6.89. The van der Waals surface area contributed by atoms with Crippen LogP contribution in [0.5, 0.6) is 0 Å². The molecule has 2 heterocycles. The smallest absolute Gasteiger partial charge is 0.234 e. The van der Waals surface area contributed by atoms with Crippen LogP contribution in [0.25, 0.3) is 0 Å². The van der Waals surface area contributed by atoms with Crippen LogP contribution in [-0.2, 0) is 6.42 Å². The van der Waals surface area contributed by atoms with Crippen LogP contribution in [0.2, 0.25) is 0 Å². The Bertz CT molecular complexity index is 562. The van der Waals surface area contributed by atoms with E-state index in [0.717, 1.165) is 31.1 Å². The van der Waals surface area contributed by atoms with Gasteiger partial charge >= 0.3 is 0 Å². The van der Waals surface area contributed by atoms with Crippen LogP contribution in [0.15, 0.2) is 28.8 Å². The molecule has 1 atom stereocenters. The van der Waals surface area contributed by atoms with Gasteiger partial charge in [0.05, 0.1) is 5.92 Å². The molecule has 0 fully saturated rings. The fourth-order valence-electron chi connectivity index (χ4n) is 2.58. The summed E-state index contributed by atoms with van der Waals surface area (Å²) in [4.78, 5) is 4.57. The molecule has 0 saturated carbocycles. The first-order valence-corrected chi connectivity index (χ1v) is 6.89. The minimum atomic E-state index is 0.228. The Labute approximate surface area is 113 Å². The highest BCUT2D eigenvalue weighted by Gasteiger charge is 2.26. The number of para-hydroxylation sites is 1. The summed E-state index contributed by atoms with van der Waals surface area (Å²) in [6, 6.07) is 8.35. The van der Waals surface area contributed by atoms with E-state index >= 15 is 0 Å². The molecule has 1 aromatic carbocycles. The standard InChI is InChI=1S/C15H19N3O/c1-10(2)9-14-17-15(19-18-14)12-7-8-16-13-6-4-3-5-11(12)13/h3-6,10,12,16H,7-9H2,1-2H3. The third-order valence-corrected chi connectivity index (χ3v) is 3.46. The largest absolute Gasteiger partial charge is 0.385 e. The van der Waals surface area contributed by atoms with Crippen LogP contribution < -0.4 is 5.32 Å². The van der Waals surface area contributed by atoms with Crippen LogP contribution in [-0.4, -0.2) is 16.7 Å². The zero-order chi connectivity index (χ0) is 13.2. The van der Waals surface area contributed by atoms with Crippen molar-refractivity contribution in [3.63, 3.8) is 0 Å². The van der Waals surface area contributed by atoms with Crippen molar-refractivity contribution in [3.05, 3.63) is 41.5 Å². The fourth-order valence-corrected chi connectivity index (χ4v) is 2.58. The SMILES string of the molecule is CC(C)Cc1noc(C2CCNc3ccccc32)n1. The van der Waals surface area contributed by atoms with Gasteiger partial charge in [0.25, 0.3) is 0 Å². The van der Waals surface area contributed by atoms with Crippen molar-refractivity contribution in [2.75, 3.05) is 11.9 Å². The average molecular weight is 257 g/mol. The lowest BCUT2D eigenvalue weighted by atomic mass is 9.91. The first-order chi connectivity index (χ1) is 9.24. The Morgan fingerprint density at radius 3 is 3.05 bits per heavy atom. The molecule has 1 aromatic heterocycles. The molecule has 19 heavy (non-hydrogen) atoms. The summed E-state index contributed by atoms with van der Waals surface area (Å²) in [6.07, 6.45) is 1.87. The second kappa shape index (κ2) is 5.03. The Hall–Kier alpha value is -1.84. The van der Waals surface area contributed by atoms with Crippen molar-refractivity contribution in [1.29, 1.82) is 0 Å². The number of nitrogens with one attached hydrogen (secondary N) is 1. The van der Waals surface area contributed by atoms with Crippen molar-refractivity contribution < 1.29 is 4.52 Å². The molecule has 0 spiro atoms. The van der Waals surface area contributed by atoms with E-state index in [4.69, 9.17) is 4.52 Å². The van der Waals surface area contributed by atoms with Gasteiger partial charge in [0.1, 0.15) is 0 Å². The third kappa shape index (κ3) is 2.48. The van der Waals surface area contributed by atoms with E-state index in [1.165, 1.54) is 11.3 Å². The highest BCUT2D eigenvalue weighted by atomic mass is 16.5. The number of nitrogens with zero attached hydrogens (tertiary/aromatic N) is 2. The fraction of sp³-hybridized carbons (Fsp3) is 0.467. The Balaban J connectivity index is 1.89. The minimum Gasteiger partial charge on any atom is -0.385 e. The maximum atomic E-state index is 5.47. The summed E-state index contributed by atoms with van der Waals surface area (Å²) in [7, 11) is 0. The van der Waals surface area contributed by atoms with Crippen molar-refractivity contribution >= 4 is 5.69 Å². The summed E-state index contributed by atoms with van der Waals surface area (Å²) in [5.41, 5.74) is 2.44. The summed E-state index contributed by atoms with van der Waals surface area (Å²) in [5, 5.41) is 7.51. The van der Waals surface area contributed by atoms with E-state index in [1.807, 2.05) is 6.07 Å². The molecule has 100 valence electrons. The average Bonchev–Trinajstić information content (AvgIpc) is 2.85. The lowest BCUT2D eigenvalue weighted by Gasteiger charge is -2.23. The van der Waals surface area contributed by atoms with E-state index < -0.39 is 0 Å². The van der Waals surface area contributed by atoms with Crippen LogP contribution in [0, 0.1) is 5.92 Å². The molecule has 1 unspecified atom stereocenters. The van der Waals surface area contributed by atoms with Gasteiger partial charge in [0.2, 0.25) is 5.89 Å². The van der Waals surface area contributed by atoms with Crippen molar-refractivity contribution in [2.24, 2.45) is 5.92 Å². The maximum Gasteiger partial charge on any atom is 0.234 e. The van der Waals surface area contributed by atoms with Gasteiger partial charge in [-0.25, -0.2) is 0 Å². The zero-order valence-electron chi connectivity index (χ0n) is 11.4. The molecule has 0 amide bonds. The maximum absolute atomic E-state index is 5.47. The molecule has 3 rings (SSSR count). The lowest BCUT2D eigenvalue weighted by molar-refractivity contribution is 0.354. The molecule has 0 radical (unpaired) electrons. The van der Waals surface area contributed by atoms with E-state index in [-0.39, 0.29) is 5.92 Å². The number of benzene rings is 1. The van der Waals surface area contributed by atoms with Gasteiger partial charge in [-0.15, -0.1) is 0 Å². The molecular formula is C15H19N3O. The molecule has 0 bridgehead atoms. The second-order valence-corrected chi connectivity index (χ2v) is 5.50. The molecule has 1 aliphatic heterocycles. The Morgan fingerprint density at radius 2 is 2.21 bits per heavy atom. The molecule has 2 aromatic rings. The molecule has 0 saturated heterocycles. The molecule has 4 nitrogen and oxygen atoms in total. The Kier molecular flexibility index (Phi) is 3.23. The van der Waals surface area contributed by atoms with Gasteiger partial charge < -0.3 is 9.84 Å². The third-order valence-electron chi connectivity index (χ3n) is 3.46. The number of anilines is 1. The molecular weight excluding hydrogens is 238 g/mol. The predicted molar refractivity (Wildman–Crippen MR) is 74.2 cm³/mol. The molecule has 0 aliphatic carbocycles. The van der Waals surface area contributed by atoms with E-state index in [1.54, 1.807) is 0 Å². The van der Waals surface area contributed by atoms with Gasteiger partial charge in [-0.05, 0) is 24.0 Å². The lowest BCUT2D eigenvalue weighted by Crippen LogP contribution is -2.17. The van der Waals surface area contributed by atoms with E-state index in [2.05, 4.69) is 47.5 Å². The molecule has 1 N–H and O–H groups in total. The van der Waals surface area contributed by atoms with E-state index in [0.29, 0.717) is 5.92 Å².